The van der Waals surface area contributed by atoms with E-state index in [2.05, 4.69) is 4.72 Å². The highest BCUT2D eigenvalue weighted by atomic mass is 35.5. The molecule has 0 spiro atoms. The number of nitrogens with one attached hydrogen (secondary N) is 1. The lowest BCUT2D eigenvalue weighted by Gasteiger charge is -2.12. The molecule has 162 valence electrons. The molecule has 0 atom stereocenters. The average Bonchev–Trinajstić information content (AvgIpc) is 3.07. The summed E-state index contributed by atoms with van der Waals surface area (Å²) >= 11 is 7.12. The van der Waals surface area contributed by atoms with Crippen LogP contribution in [-0.4, -0.2) is 22.6 Å². The molecule has 0 saturated heterocycles. The van der Waals surface area contributed by atoms with Gasteiger partial charge in [0.15, 0.2) is 5.78 Å². The quantitative estimate of drug-likeness (QED) is 0.372. The van der Waals surface area contributed by atoms with Crippen LogP contribution in [0, 0.1) is 6.92 Å². The number of anilines is 1. The third kappa shape index (κ3) is 3.15. The number of carbonyl (C=O) groups is 1. The molecule has 6 nitrogen and oxygen atoms in total. The van der Waals surface area contributed by atoms with Crippen molar-refractivity contribution in [3.8, 4) is 0 Å². The first kappa shape index (κ1) is 21.1. The molecule has 10 heteroatoms. The van der Waals surface area contributed by atoms with Crippen molar-refractivity contribution in [3.05, 3.63) is 82.4 Å². The van der Waals surface area contributed by atoms with Crippen molar-refractivity contribution in [3.63, 3.8) is 0 Å². The van der Waals surface area contributed by atoms with Crippen molar-refractivity contribution < 1.29 is 21.6 Å². The van der Waals surface area contributed by atoms with Gasteiger partial charge in [-0.1, -0.05) is 23.7 Å². The first-order valence-electron chi connectivity index (χ1n) is 9.34. The first-order chi connectivity index (χ1) is 15.1. The maximum Gasteiger partial charge on any atom is 0.271 e. The van der Waals surface area contributed by atoms with E-state index in [0.29, 0.717) is 16.0 Å². The summed E-state index contributed by atoms with van der Waals surface area (Å²) in [4.78, 5) is 12.3. The molecule has 5 rings (SSSR count). The number of thiophene rings is 1. The molecule has 0 aliphatic carbocycles. The van der Waals surface area contributed by atoms with E-state index in [1.165, 1.54) is 36.4 Å². The maximum absolute atomic E-state index is 13.3. The van der Waals surface area contributed by atoms with Crippen LogP contribution in [0.4, 0.5) is 5.69 Å². The number of halogens is 1. The molecule has 1 aliphatic rings. The maximum atomic E-state index is 13.3. The van der Waals surface area contributed by atoms with E-state index < -0.39 is 25.6 Å². The zero-order valence-electron chi connectivity index (χ0n) is 16.4. The highest BCUT2D eigenvalue weighted by Gasteiger charge is 2.33. The Kier molecular flexibility index (Phi) is 4.72. The molecule has 4 aromatic rings. The molecule has 0 amide bonds. The number of hydrogen-bond donors (Lipinski definition) is 1. The molecule has 1 aliphatic heterocycles. The van der Waals surface area contributed by atoms with Crippen LogP contribution in [0.3, 0.4) is 0 Å². The second kappa shape index (κ2) is 7.14. The Morgan fingerprint density at radius 3 is 2.50 bits per heavy atom. The average molecular weight is 504 g/mol. The second-order valence-electron chi connectivity index (χ2n) is 7.30. The van der Waals surface area contributed by atoms with Crippen molar-refractivity contribution in [2.75, 3.05) is 4.72 Å². The van der Waals surface area contributed by atoms with E-state index in [4.69, 9.17) is 11.6 Å². The van der Waals surface area contributed by atoms with Gasteiger partial charge >= 0.3 is 0 Å². The number of ketones is 1. The van der Waals surface area contributed by atoms with Gasteiger partial charge < -0.3 is 0 Å². The summed E-state index contributed by atoms with van der Waals surface area (Å²) in [7, 11) is -8.25. The van der Waals surface area contributed by atoms with Crippen LogP contribution < -0.4 is 4.72 Å². The summed E-state index contributed by atoms with van der Waals surface area (Å²) in [6.07, 6.45) is 0. The van der Waals surface area contributed by atoms with E-state index in [0.717, 1.165) is 16.0 Å². The second-order valence-corrected chi connectivity index (χ2v) is 12.6. The lowest BCUT2D eigenvalue weighted by molar-refractivity contribution is 0.103. The third-order valence-corrected chi connectivity index (χ3v) is 10.6. The molecule has 2 heterocycles. The molecular weight excluding hydrogens is 490 g/mol. The van der Waals surface area contributed by atoms with E-state index in [9.17, 15) is 21.6 Å². The number of sulfone groups is 1. The number of rotatable bonds is 3. The number of hydrogen-bond acceptors (Lipinski definition) is 6. The lowest BCUT2D eigenvalue weighted by Crippen LogP contribution is -2.15. The van der Waals surface area contributed by atoms with Crippen molar-refractivity contribution >= 4 is 64.4 Å². The monoisotopic (exact) mass is 503 g/mol. The van der Waals surface area contributed by atoms with E-state index in [1.807, 2.05) is 0 Å². The van der Waals surface area contributed by atoms with Crippen LogP contribution in [0.25, 0.3) is 10.1 Å². The standard InChI is InChI=1S/C22H14ClNO5S3/c1-12-16-11-14(23)7-9-18(16)30-22(12)32(28,29)24-17-8-6-13-10-20(17)31(26,27)19-5-3-2-4-15(19)21(13)25/h2-11,24H,1H3. The summed E-state index contributed by atoms with van der Waals surface area (Å²) in [6, 6.07) is 14.9. The highest BCUT2D eigenvalue weighted by Crippen LogP contribution is 2.39. The van der Waals surface area contributed by atoms with Crippen LogP contribution >= 0.6 is 22.9 Å². The molecule has 3 aromatic carbocycles. The molecule has 0 fully saturated rings. The van der Waals surface area contributed by atoms with Gasteiger partial charge in [-0.05, 0) is 66.4 Å². The topological polar surface area (TPSA) is 97.4 Å². The minimum atomic E-state index is -4.14. The summed E-state index contributed by atoms with van der Waals surface area (Å²) in [5.41, 5.74) is 0.628. The lowest BCUT2D eigenvalue weighted by atomic mass is 10.0. The minimum Gasteiger partial charge on any atom is -0.289 e. The van der Waals surface area contributed by atoms with Crippen LogP contribution in [-0.2, 0) is 19.9 Å². The van der Waals surface area contributed by atoms with Gasteiger partial charge in [-0.2, -0.15) is 0 Å². The fraction of sp³-hybridized carbons (Fsp3) is 0.0455. The highest BCUT2D eigenvalue weighted by molar-refractivity contribution is 7.95. The Morgan fingerprint density at radius 1 is 0.969 bits per heavy atom. The zero-order valence-corrected chi connectivity index (χ0v) is 19.6. The number of benzene rings is 3. The SMILES string of the molecule is Cc1c(S(=O)(=O)Nc2ccc3cc2S(=O)(=O)c2ccccc2C3=O)sc2ccc(Cl)cc12. The van der Waals surface area contributed by atoms with Gasteiger partial charge in [-0.25, -0.2) is 16.8 Å². The minimum absolute atomic E-state index is 0.0553. The van der Waals surface area contributed by atoms with E-state index in [1.54, 1.807) is 31.2 Å². The normalized spacial score (nSPS) is 14.8. The molecule has 2 bridgehead atoms. The zero-order chi connectivity index (χ0) is 22.8. The van der Waals surface area contributed by atoms with Gasteiger partial charge in [0.05, 0.1) is 15.5 Å². The summed E-state index contributed by atoms with van der Waals surface area (Å²) in [5, 5.41) is 1.20. The first-order valence-corrected chi connectivity index (χ1v) is 13.5. The summed E-state index contributed by atoms with van der Waals surface area (Å²) in [6.45, 7) is 1.67. The van der Waals surface area contributed by atoms with E-state index in [-0.39, 0.29) is 30.8 Å². The van der Waals surface area contributed by atoms with Gasteiger partial charge in [0.2, 0.25) is 9.84 Å². The van der Waals surface area contributed by atoms with Crippen molar-refractivity contribution in [2.24, 2.45) is 0 Å². The number of aryl methyl sites for hydroxylation is 1. The largest absolute Gasteiger partial charge is 0.289 e. The van der Waals surface area contributed by atoms with E-state index >= 15 is 0 Å². The molecule has 0 saturated carbocycles. The predicted octanol–water partition coefficient (Wildman–Crippen LogP) is 5.04. The third-order valence-electron chi connectivity index (χ3n) is 5.30. The summed E-state index contributed by atoms with van der Waals surface area (Å²) in [5.74, 6) is -0.436. The van der Waals surface area contributed by atoms with Gasteiger partial charge in [0.1, 0.15) is 4.21 Å². The molecule has 32 heavy (non-hydrogen) atoms. The van der Waals surface area contributed by atoms with Crippen LogP contribution in [0.15, 0.2) is 74.7 Å². The van der Waals surface area contributed by atoms with Crippen molar-refractivity contribution in [2.45, 2.75) is 20.9 Å². The predicted molar refractivity (Wildman–Crippen MR) is 124 cm³/mol. The molecule has 1 N–H and O–H groups in total. The Balaban J connectivity index is 1.66. The molecular formula is C22H14ClNO5S3. The van der Waals surface area contributed by atoms with Gasteiger partial charge in [-0.3, -0.25) is 9.52 Å². The number of fused-ring (bicyclic) bond motifs is 4. The Morgan fingerprint density at radius 2 is 1.72 bits per heavy atom. The van der Waals surface area contributed by atoms with Crippen LogP contribution in [0.2, 0.25) is 5.02 Å². The van der Waals surface area contributed by atoms with Crippen molar-refractivity contribution in [1.29, 1.82) is 0 Å². The molecule has 1 aromatic heterocycles. The fourth-order valence-corrected chi connectivity index (χ4v) is 8.45. The number of carbonyl (C=O) groups excluding carboxylic acids is 1. The number of sulfonamides is 1. The van der Waals surface area contributed by atoms with Gasteiger partial charge in [-0.15, -0.1) is 11.3 Å². The molecule has 0 radical (unpaired) electrons. The summed E-state index contributed by atoms with van der Waals surface area (Å²) < 4.78 is 56.4. The Labute approximate surface area is 193 Å². The van der Waals surface area contributed by atoms with Crippen LogP contribution in [0.1, 0.15) is 21.5 Å². The smallest absolute Gasteiger partial charge is 0.271 e. The van der Waals surface area contributed by atoms with Gasteiger partial charge in [0, 0.05) is 20.8 Å². The van der Waals surface area contributed by atoms with Crippen LogP contribution in [0.5, 0.6) is 0 Å². The molecule has 0 unspecified atom stereocenters. The fourth-order valence-electron chi connectivity index (χ4n) is 3.75. The van der Waals surface area contributed by atoms with Crippen molar-refractivity contribution in [1.82, 2.24) is 0 Å². The van der Waals surface area contributed by atoms with Gasteiger partial charge in [0.25, 0.3) is 10.0 Å². The Bertz CT molecular complexity index is 1670. The Hall–Kier alpha value is -2.72.